The average Bonchev–Trinajstić information content (AvgIpc) is 2.86. The Morgan fingerprint density at radius 2 is 2.04 bits per heavy atom. The Morgan fingerprint density at radius 3 is 2.81 bits per heavy atom. The molecule has 0 N–H and O–H groups in total. The van der Waals surface area contributed by atoms with E-state index in [9.17, 15) is 4.79 Å². The second-order valence-corrected chi connectivity index (χ2v) is 7.33. The van der Waals surface area contributed by atoms with Crippen molar-refractivity contribution in [2.75, 3.05) is 37.7 Å². The number of carbonyl (C=O) groups excluding carboxylic acids is 1. The molecule has 0 aliphatic carbocycles. The van der Waals surface area contributed by atoms with Crippen LogP contribution in [0.1, 0.15) is 24.9 Å². The van der Waals surface area contributed by atoms with Gasteiger partial charge in [0.25, 0.3) is 0 Å². The SMILES string of the molecule is C[C@H](c1ccccc1)N1CCOC[C@@]2(CC(=O)N(c3ccncn3)C2)C1. The molecule has 1 spiro atoms. The van der Waals surface area contributed by atoms with Gasteiger partial charge < -0.3 is 4.74 Å². The van der Waals surface area contributed by atoms with Crippen LogP contribution in [0.5, 0.6) is 0 Å². The average molecular weight is 352 g/mol. The Balaban J connectivity index is 1.55. The number of carbonyl (C=O) groups is 1. The van der Waals surface area contributed by atoms with Gasteiger partial charge in [-0.2, -0.15) is 0 Å². The molecule has 0 bridgehead atoms. The molecule has 2 atom stereocenters. The molecule has 2 aliphatic heterocycles. The van der Waals surface area contributed by atoms with Crippen LogP contribution in [0, 0.1) is 5.41 Å². The number of rotatable bonds is 3. The maximum Gasteiger partial charge on any atom is 0.228 e. The van der Waals surface area contributed by atoms with E-state index in [1.165, 1.54) is 11.9 Å². The summed E-state index contributed by atoms with van der Waals surface area (Å²) in [6.45, 7) is 5.89. The van der Waals surface area contributed by atoms with Crippen LogP contribution < -0.4 is 4.90 Å². The number of amides is 1. The van der Waals surface area contributed by atoms with Crippen molar-refractivity contribution < 1.29 is 9.53 Å². The summed E-state index contributed by atoms with van der Waals surface area (Å²) in [5, 5.41) is 0. The first-order valence-corrected chi connectivity index (χ1v) is 9.10. The fourth-order valence-electron chi connectivity index (χ4n) is 4.05. The summed E-state index contributed by atoms with van der Waals surface area (Å²) < 4.78 is 5.93. The number of ether oxygens (including phenoxy) is 1. The lowest BCUT2D eigenvalue weighted by Crippen LogP contribution is -2.41. The van der Waals surface area contributed by atoms with Crippen LogP contribution in [0.15, 0.2) is 48.9 Å². The second kappa shape index (κ2) is 7.13. The predicted molar refractivity (Wildman–Crippen MR) is 98.7 cm³/mol. The molecule has 2 aliphatic rings. The highest BCUT2D eigenvalue weighted by molar-refractivity contribution is 5.95. The zero-order valence-corrected chi connectivity index (χ0v) is 15.0. The number of benzene rings is 1. The summed E-state index contributed by atoms with van der Waals surface area (Å²) in [5.41, 5.74) is 1.10. The predicted octanol–water partition coefficient (Wildman–Crippen LogP) is 2.29. The van der Waals surface area contributed by atoms with Gasteiger partial charge in [0.2, 0.25) is 5.91 Å². The third-order valence-corrected chi connectivity index (χ3v) is 5.46. The maximum atomic E-state index is 12.7. The fraction of sp³-hybridized carbons (Fsp3) is 0.450. The molecule has 0 saturated carbocycles. The summed E-state index contributed by atoms with van der Waals surface area (Å²) in [7, 11) is 0. The van der Waals surface area contributed by atoms with Gasteiger partial charge in [0, 0.05) is 43.7 Å². The van der Waals surface area contributed by atoms with Crippen molar-refractivity contribution in [3.8, 4) is 0 Å². The van der Waals surface area contributed by atoms with Gasteiger partial charge in [0.1, 0.15) is 12.1 Å². The summed E-state index contributed by atoms with van der Waals surface area (Å²) in [6, 6.07) is 12.6. The van der Waals surface area contributed by atoms with Gasteiger partial charge >= 0.3 is 0 Å². The van der Waals surface area contributed by atoms with E-state index >= 15 is 0 Å². The molecule has 3 heterocycles. The molecule has 2 fully saturated rings. The summed E-state index contributed by atoms with van der Waals surface area (Å²) >= 11 is 0. The van der Waals surface area contributed by atoms with Crippen molar-refractivity contribution in [2.24, 2.45) is 5.41 Å². The number of hydrogen-bond acceptors (Lipinski definition) is 5. The van der Waals surface area contributed by atoms with Gasteiger partial charge in [-0.25, -0.2) is 9.97 Å². The highest BCUT2D eigenvalue weighted by Gasteiger charge is 2.46. The van der Waals surface area contributed by atoms with Crippen LogP contribution in [-0.4, -0.2) is 53.6 Å². The summed E-state index contributed by atoms with van der Waals surface area (Å²) in [6.07, 6.45) is 3.66. The van der Waals surface area contributed by atoms with Crippen LogP contribution in [0.4, 0.5) is 5.82 Å². The van der Waals surface area contributed by atoms with Crippen LogP contribution in [-0.2, 0) is 9.53 Å². The second-order valence-electron chi connectivity index (χ2n) is 7.33. The Morgan fingerprint density at radius 1 is 1.19 bits per heavy atom. The lowest BCUT2D eigenvalue weighted by atomic mass is 9.86. The van der Waals surface area contributed by atoms with Crippen molar-refractivity contribution in [3.63, 3.8) is 0 Å². The molecule has 2 saturated heterocycles. The minimum atomic E-state index is -0.193. The lowest BCUT2D eigenvalue weighted by molar-refractivity contribution is -0.118. The van der Waals surface area contributed by atoms with Gasteiger partial charge in [-0.05, 0) is 18.6 Å². The largest absolute Gasteiger partial charge is 0.379 e. The third kappa shape index (κ3) is 3.34. The van der Waals surface area contributed by atoms with Crippen molar-refractivity contribution in [3.05, 3.63) is 54.5 Å². The quantitative estimate of drug-likeness (QED) is 0.848. The van der Waals surface area contributed by atoms with E-state index in [-0.39, 0.29) is 17.4 Å². The Hall–Kier alpha value is -2.31. The van der Waals surface area contributed by atoms with Crippen molar-refractivity contribution >= 4 is 11.7 Å². The minimum absolute atomic E-state index is 0.113. The van der Waals surface area contributed by atoms with Gasteiger partial charge in [-0.3, -0.25) is 14.6 Å². The molecular formula is C20H24N4O2. The first-order valence-electron chi connectivity index (χ1n) is 9.10. The molecule has 2 aromatic rings. The molecule has 0 unspecified atom stereocenters. The van der Waals surface area contributed by atoms with E-state index < -0.39 is 0 Å². The molecule has 136 valence electrons. The minimum Gasteiger partial charge on any atom is -0.379 e. The Labute approximate surface area is 153 Å². The van der Waals surface area contributed by atoms with Crippen molar-refractivity contribution in [1.82, 2.24) is 14.9 Å². The van der Waals surface area contributed by atoms with Gasteiger partial charge in [-0.15, -0.1) is 0 Å². The standard InChI is InChI=1S/C20H24N4O2/c1-16(17-5-3-2-4-6-17)23-9-10-26-14-20(12-23)11-19(25)24(13-20)18-7-8-21-15-22-18/h2-8,15-16H,9-14H2,1H3/t16-,20+/m1/s1. The Bertz CT molecular complexity index is 755. The molecular weight excluding hydrogens is 328 g/mol. The zero-order valence-electron chi connectivity index (χ0n) is 15.0. The van der Waals surface area contributed by atoms with Crippen LogP contribution in [0.3, 0.4) is 0 Å². The molecule has 26 heavy (non-hydrogen) atoms. The smallest absolute Gasteiger partial charge is 0.228 e. The van der Waals surface area contributed by atoms with Gasteiger partial charge in [-0.1, -0.05) is 30.3 Å². The van der Waals surface area contributed by atoms with E-state index in [0.717, 1.165) is 13.1 Å². The van der Waals surface area contributed by atoms with E-state index in [2.05, 4.69) is 46.1 Å². The van der Waals surface area contributed by atoms with E-state index in [1.54, 1.807) is 17.2 Å². The molecule has 0 radical (unpaired) electrons. The van der Waals surface area contributed by atoms with Crippen LogP contribution >= 0.6 is 0 Å². The number of anilines is 1. The monoisotopic (exact) mass is 352 g/mol. The topological polar surface area (TPSA) is 58.6 Å². The van der Waals surface area contributed by atoms with E-state index in [0.29, 0.717) is 32.0 Å². The van der Waals surface area contributed by atoms with Crippen LogP contribution in [0.25, 0.3) is 0 Å². The molecule has 4 rings (SSSR count). The van der Waals surface area contributed by atoms with Gasteiger partial charge in [0.15, 0.2) is 0 Å². The highest BCUT2D eigenvalue weighted by atomic mass is 16.5. The Kier molecular flexibility index (Phi) is 4.70. The van der Waals surface area contributed by atoms with Crippen molar-refractivity contribution in [1.29, 1.82) is 0 Å². The first-order chi connectivity index (χ1) is 12.7. The van der Waals surface area contributed by atoms with E-state index in [1.807, 2.05) is 6.07 Å². The molecule has 1 aromatic carbocycles. The van der Waals surface area contributed by atoms with Gasteiger partial charge in [0.05, 0.1) is 13.2 Å². The van der Waals surface area contributed by atoms with E-state index in [4.69, 9.17) is 4.74 Å². The number of nitrogens with zero attached hydrogens (tertiary/aromatic N) is 4. The molecule has 1 amide bonds. The lowest BCUT2D eigenvalue weighted by Gasteiger charge is -2.34. The third-order valence-electron chi connectivity index (χ3n) is 5.46. The summed E-state index contributed by atoms with van der Waals surface area (Å²) in [4.78, 5) is 25.1. The molecule has 6 nitrogen and oxygen atoms in total. The molecule has 6 heteroatoms. The van der Waals surface area contributed by atoms with Crippen LogP contribution in [0.2, 0.25) is 0 Å². The fourth-order valence-corrected chi connectivity index (χ4v) is 4.05. The molecule has 1 aromatic heterocycles. The maximum absolute atomic E-state index is 12.7. The normalized spacial score (nSPS) is 25.4. The zero-order chi connectivity index (χ0) is 18.0. The number of hydrogen-bond donors (Lipinski definition) is 0. The summed E-state index contributed by atoms with van der Waals surface area (Å²) in [5.74, 6) is 0.787. The van der Waals surface area contributed by atoms with Crippen molar-refractivity contribution in [2.45, 2.75) is 19.4 Å². The number of aromatic nitrogens is 2. The highest BCUT2D eigenvalue weighted by Crippen LogP contribution is 2.38. The first kappa shape index (κ1) is 17.1.